The number of fused-ring (bicyclic) bond motifs is 2. The van der Waals surface area contributed by atoms with Crippen LogP contribution in [0.4, 0.5) is 0 Å². The first-order chi connectivity index (χ1) is 9.16. The number of hydrogen-bond donors (Lipinski definition) is 1. The molecule has 0 spiro atoms. The molecule has 2 aliphatic carbocycles. The lowest BCUT2D eigenvalue weighted by atomic mass is 9.65. The minimum absolute atomic E-state index is 0. The van der Waals surface area contributed by atoms with Gasteiger partial charge < -0.3 is 10.6 Å². The van der Waals surface area contributed by atoms with Crippen LogP contribution in [-0.4, -0.2) is 41.4 Å². The van der Waals surface area contributed by atoms with Gasteiger partial charge in [-0.1, -0.05) is 6.42 Å². The Labute approximate surface area is 132 Å². The van der Waals surface area contributed by atoms with Crippen molar-refractivity contribution in [2.75, 3.05) is 18.6 Å². The van der Waals surface area contributed by atoms with Gasteiger partial charge in [0.05, 0.1) is 0 Å². The average Bonchev–Trinajstić information content (AvgIpc) is 2.90. The third-order valence-electron chi connectivity index (χ3n) is 5.56. The molecular formula is C15H27ClN2OS. The van der Waals surface area contributed by atoms with Crippen molar-refractivity contribution in [2.45, 2.75) is 50.6 Å². The molecule has 1 amide bonds. The van der Waals surface area contributed by atoms with Crippen molar-refractivity contribution >= 4 is 30.1 Å². The van der Waals surface area contributed by atoms with Crippen molar-refractivity contribution in [3.8, 4) is 0 Å². The van der Waals surface area contributed by atoms with Crippen molar-refractivity contribution in [1.82, 2.24) is 4.90 Å². The molecule has 1 aliphatic heterocycles. The molecule has 2 bridgehead atoms. The Morgan fingerprint density at radius 3 is 2.40 bits per heavy atom. The Balaban J connectivity index is 0.00000147. The Morgan fingerprint density at radius 1 is 1.20 bits per heavy atom. The van der Waals surface area contributed by atoms with Gasteiger partial charge in [-0.2, -0.15) is 11.8 Å². The zero-order valence-electron chi connectivity index (χ0n) is 12.3. The number of nitrogens with zero attached hydrogens (tertiary/aromatic N) is 1. The molecule has 1 heterocycles. The van der Waals surface area contributed by atoms with Crippen LogP contribution in [0, 0.1) is 17.8 Å². The summed E-state index contributed by atoms with van der Waals surface area (Å²) in [7, 11) is 2.02. The number of carbonyl (C=O) groups excluding carboxylic acids is 1. The number of carbonyl (C=O) groups is 1. The molecule has 3 fully saturated rings. The predicted octanol–water partition coefficient (Wildman–Crippen LogP) is 2.53. The Hall–Kier alpha value is 0.0700. The van der Waals surface area contributed by atoms with E-state index >= 15 is 0 Å². The quantitative estimate of drug-likeness (QED) is 0.851. The van der Waals surface area contributed by atoms with E-state index in [1.54, 1.807) is 0 Å². The maximum Gasteiger partial charge on any atom is 0.225 e. The molecule has 3 nitrogen and oxygen atoms in total. The van der Waals surface area contributed by atoms with E-state index in [2.05, 4.69) is 4.90 Å². The Bertz CT molecular complexity index is 335. The summed E-state index contributed by atoms with van der Waals surface area (Å²) in [5.74, 6) is 4.20. The van der Waals surface area contributed by atoms with Crippen LogP contribution in [0.3, 0.4) is 0 Å². The molecule has 0 radical (unpaired) electrons. The molecule has 5 heteroatoms. The first-order valence-electron chi connectivity index (χ1n) is 7.77. The van der Waals surface area contributed by atoms with Gasteiger partial charge in [0.25, 0.3) is 0 Å². The molecule has 0 aromatic rings. The lowest BCUT2D eigenvalue weighted by molar-refractivity contribution is -0.139. The molecule has 2 N–H and O–H groups in total. The summed E-state index contributed by atoms with van der Waals surface area (Å²) < 4.78 is 0. The molecule has 3 unspecified atom stereocenters. The topological polar surface area (TPSA) is 46.3 Å². The summed E-state index contributed by atoms with van der Waals surface area (Å²) in [5.41, 5.74) is 6.32. The second-order valence-electron chi connectivity index (χ2n) is 6.66. The molecule has 1 saturated heterocycles. The fourth-order valence-electron chi connectivity index (χ4n) is 4.29. The van der Waals surface area contributed by atoms with Crippen molar-refractivity contribution in [3.05, 3.63) is 0 Å². The van der Waals surface area contributed by atoms with E-state index in [4.69, 9.17) is 5.73 Å². The molecule has 20 heavy (non-hydrogen) atoms. The Morgan fingerprint density at radius 2 is 1.85 bits per heavy atom. The van der Waals surface area contributed by atoms with E-state index in [0.717, 1.165) is 18.6 Å². The highest BCUT2D eigenvalue weighted by Gasteiger charge is 2.42. The van der Waals surface area contributed by atoms with Gasteiger partial charge in [0.1, 0.15) is 0 Å². The number of nitrogens with two attached hydrogens (primary N) is 1. The highest BCUT2D eigenvalue weighted by molar-refractivity contribution is 7.99. The van der Waals surface area contributed by atoms with E-state index in [9.17, 15) is 4.79 Å². The molecule has 3 rings (SSSR count). The van der Waals surface area contributed by atoms with Gasteiger partial charge in [-0.15, -0.1) is 12.4 Å². The van der Waals surface area contributed by atoms with Gasteiger partial charge in [0, 0.05) is 30.8 Å². The lowest BCUT2D eigenvalue weighted by Crippen LogP contribution is -2.50. The van der Waals surface area contributed by atoms with E-state index in [1.807, 2.05) is 18.8 Å². The van der Waals surface area contributed by atoms with Crippen molar-refractivity contribution in [2.24, 2.45) is 23.5 Å². The molecule has 2 saturated carbocycles. The molecule has 0 aromatic heterocycles. The summed E-state index contributed by atoms with van der Waals surface area (Å²) in [6.45, 7) is 0. The molecule has 3 atom stereocenters. The molecule has 3 aliphatic rings. The summed E-state index contributed by atoms with van der Waals surface area (Å²) >= 11 is 1.98. The number of thioether (sulfide) groups is 1. The zero-order chi connectivity index (χ0) is 13.4. The van der Waals surface area contributed by atoms with Gasteiger partial charge >= 0.3 is 0 Å². The van der Waals surface area contributed by atoms with E-state index in [-0.39, 0.29) is 18.3 Å². The van der Waals surface area contributed by atoms with Crippen LogP contribution in [-0.2, 0) is 4.79 Å². The molecule has 0 aromatic carbocycles. The second kappa shape index (κ2) is 6.89. The standard InChI is InChI=1S/C15H26N2OS.ClH/c1-17(13-5-6-19-9-13)15(18)12-7-10-3-2-4-11(8-12)14(10)16;/h10-14H,2-9,16H2,1H3;1H. The largest absolute Gasteiger partial charge is 0.342 e. The van der Waals surface area contributed by atoms with Gasteiger partial charge in [0.2, 0.25) is 5.91 Å². The predicted molar refractivity (Wildman–Crippen MR) is 87.3 cm³/mol. The van der Waals surface area contributed by atoms with Gasteiger partial charge in [-0.05, 0) is 49.7 Å². The molecular weight excluding hydrogens is 292 g/mol. The zero-order valence-corrected chi connectivity index (χ0v) is 13.9. The summed E-state index contributed by atoms with van der Waals surface area (Å²) in [5, 5.41) is 0. The minimum atomic E-state index is 0. The average molecular weight is 319 g/mol. The number of amides is 1. The summed E-state index contributed by atoms with van der Waals surface area (Å²) in [4.78, 5) is 14.8. The first-order valence-corrected chi connectivity index (χ1v) is 8.92. The maximum absolute atomic E-state index is 12.7. The van der Waals surface area contributed by atoms with Crippen LogP contribution in [0.5, 0.6) is 0 Å². The lowest BCUT2D eigenvalue weighted by Gasteiger charge is -2.44. The normalized spacial score (nSPS) is 40.0. The molecule has 116 valence electrons. The second-order valence-corrected chi connectivity index (χ2v) is 7.81. The fraction of sp³-hybridized carbons (Fsp3) is 0.933. The van der Waals surface area contributed by atoms with Gasteiger partial charge in [-0.3, -0.25) is 4.79 Å². The smallest absolute Gasteiger partial charge is 0.225 e. The van der Waals surface area contributed by atoms with Crippen LogP contribution in [0.1, 0.15) is 38.5 Å². The number of rotatable bonds is 2. The summed E-state index contributed by atoms with van der Waals surface area (Å²) in [6, 6.07) is 0.845. The maximum atomic E-state index is 12.7. The van der Waals surface area contributed by atoms with Crippen LogP contribution < -0.4 is 5.73 Å². The SMILES string of the molecule is CN(C(=O)C1CC2CCCC(C1)C2N)C1CCSC1.Cl. The van der Waals surface area contributed by atoms with Crippen LogP contribution >= 0.6 is 24.2 Å². The van der Waals surface area contributed by atoms with Crippen LogP contribution in [0.15, 0.2) is 0 Å². The first kappa shape index (κ1) is 16.4. The van der Waals surface area contributed by atoms with E-state index in [1.165, 1.54) is 31.4 Å². The third kappa shape index (κ3) is 3.12. The Kier molecular flexibility index (Phi) is 5.66. The minimum Gasteiger partial charge on any atom is -0.342 e. The van der Waals surface area contributed by atoms with Crippen molar-refractivity contribution in [1.29, 1.82) is 0 Å². The number of halogens is 1. The van der Waals surface area contributed by atoms with Crippen LogP contribution in [0.2, 0.25) is 0 Å². The van der Waals surface area contributed by atoms with Gasteiger partial charge in [-0.25, -0.2) is 0 Å². The third-order valence-corrected chi connectivity index (χ3v) is 6.71. The fourth-order valence-corrected chi connectivity index (χ4v) is 5.55. The highest BCUT2D eigenvalue weighted by Crippen LogP contribution is 2.42. The number of hydrogen-bond acceptors (Lipinski definition) is 3. The van der Waals surface area contributed by atoms with Crippen molar-refractivity contribution < 1.29 is 4.79 Å². The highest BCUT2D eigenvalue weighted by atomic mass is 35.5. The monoisotopic (exact) mass is 318 g/mol. The van der Waals surface area contributed by atoms with Crippen molar-refractivity contribution in [3.63, 3.8) is 0 Å². The summed E-state index contributed by atoms with van der Waals surface area (Å²) in [6.07, 6.45) is 7.06. The van der Waals surface area contributed by atoms with E-state index < -0.39 is 0 Å². The van der Waals surface area contributed by atoms with Crippen LogP contribution in [0.25, 0.3) is 0 Å². The van der Waals surface area contributed by atoms with E-state index in [0.29, 0.717) is 29.8 Å². The van der Waals surface area contributed by atoms with Gasteiger partial charge in [0.15, 0.2) is 0 Å².